The zero-order valence-electron chi connectivity index (χ0n) is 12.4. The van der Waals surface area contributed by atoms with Gasteiger partial charge in [0, 0.05) is 18.5 Å². The standard InChI is InChI=1S/C13H27N3O2/c1-7-15-13(5,6)11(18)14-9-8-10(17)16-12(2,3)4/h15H,7-9H2,1-6H3,(H,14,18)(H,16,17). The predicted octanol–water partition coefficient (Wildman–Crippen LogP) is 0.795. The first-order valence-corrected chi connectivity index (χ1v) is 6.43. The maximum absolute atomic E-state index is 11.8. The molecule has 0 heterocycles. The Balaban J connectivity index is 3.98. The SMILES string of the molecule is CCNC(C)(C)C(=O)NCCC(=O)NC(C)(C)C. The number of hydrogen-bond donors (Lipinski definition) is 3. The van der Waals surface area contributed by atoms with Crippen LogP contribution in [0.4, 0.5) is 0 Å². The molecule has 0 atom stereocenters. The van der Waals surface area contributed by atoms with E-state index in [1.165, 1.54) is 0 Å². The van der Waals surface area contributed by atoms with Crippen molar-refractivity contribution >= 4 is 11.8 Å². The Morgan fingerprint density at radius 2 is 1.61 bits per heavy atom. The van der Waals surface area contributed by atoms with Crippen LogP contribution in [0.5, 0.6) is 0 Å². The molecule has 3 N–H and O–H groups in total. The van der Waals surface area contributed by atoms with E-state index in [1.807, 2.05) is 41.5 Å². The Morgan fingerprint density at radius 3 is 2.06 bits per heavy atom. The fraction of sp³-hybridized carbons (Fsp3) is 0.846. The Labute approximate surface area is 110 Å². The smallest absolute Gasteiger partial charge is 0.239 e. The first-order valence-electron chi connectivity index (χ1n) is 6.43. The van der Waals surface area contributed by atoms with Gasteiger partial charge >= 0.3 is 0 Å². The van der Waals surface area contributed by atoms with Crippen LogP contribution >= 0.6 is 0 Å². The van der Waals surface area contributed by atoms with Crippen molar-refractivity contribution in [3.05, 3.63) is 0 Å². The first-order chi connectivity index (χ1) is 8.08. The summed E-state index contributed by atoms with van der Waals surface area (Å²) in [6.45, 7) is 12.5. The summed E-state index contributed by atoms with van der Waals surface area (Å²) in [6, 6.07) is 0. The molecular formula is C13H27N3O2. The maximum Gasteiger partial charge on any atom is 0.239 e. The number of rotatable bonds is 6. The van der Waals surface area contributed by atoms with E-state index in [2.05, 4.69) is 16.0 Å². The van der Waals surface area contributed by atoms with E-state index in [4.69, 9.17) is 0 Å². The third kappa shape index (κ3) is 7.27. The van der Waals surface area contributed by atoms with Gasteiger partial charge in [0.1, 0.15) is 0 Å². The van der Waals surface area contributed by atoms with E-state index in [-0.39, 0.29) is 17.4 Å². The molecule has 0 aliphatic heterocycles. The largest absolute Gasteiger partial charge is 0.354 e. The van der Waals surface area contributed by atoms with Gasteiger partial charge in [-0.2, -0.15) is 0 Å². The topological polar surface area (TPSA) is 70.2 Å². The molecule has 106 valence electrons. The minimum Gasteiger partial charge on any atom is -0.354 e. The highest BCUT2D eigenvalue weighted by Crippen LogP contribution is 2.02. The van der Waals surface area contributed by atoms with Crippen LogP contribution in [0, 0.1) is 0 Å². The van der Waals surface area contributed by atoms with E-state index in [0.717, 1.165) is 6.54 Å². The molecule has 0 aromatic carbocycles. The van der Waals surface area contributed by atoms with Crippen molar-refractivity contribution in [3.63, 3.8) is 0 Å². The van der Waals surface area contributed by atoms with Gasteiger partial charge < -0.3 is 16.0 Å². The third-order valence-electron chi connectivity index (χ3n) is 2.34. The summed E-state index contributed by atoms with van der Waals surface area (Å²) < 4.78 is 0. The monoisotopic (exact) mass is 257 g/mol. The Morgan fingerprint density at radius 1 is 1.06 bits per heavy atom. The van der Waals surface area contributed by atoms with Crippen LogP contribution in [-0.4, -0.2) is 36.0 Å². The van der Waals surface area contributed by atoms with Gasteiger partial charge in [-0.15, -0.1) is 0 Å². The predicted molar refractivity (Wildman–Crippen MR) is 73.3 cm³/mol. The second-order valence-electron chi connectivity index (χ2n) is 5.96. The van der Waals surface area contributed by atoms with Crippen molar-refractivity contribution in [1.82, 2.24) is 16.0 Å². The molecule has 0 radical (unpaired) electrons. The lowest BCUT2D eigenvalue weighted by Gasteiger charge is -2.25. The van der Waals surface area contributed by atoms with Gasteiger partial charge in [-0.3, -0.25) is 9.59 Å². The molecule has 0 bridgehead atoms. The zero-order chi connectivity index (χ0) is 14.4. The summed E-state index contributed by atoms with van der Waals surface area (Å²) in [4.78, 5) is 23.4. The summed E-state index contributed by atoms with van der Waals surface area (Å²) in [5, 5.41) is 8.70. The molecule has 0 aromatic heterocycles. The fourth-order valence-electron chi connectivity index (χ4n) is 1.51. The van der Waals surface area contributed by atoms with Crippen molar-refractivity contribution in [2.75, 3.05) is 13.1 Å². The normalized spacial score (nSPS) is 12.1. The van der Waals surface area contributed by atoms with E-state index >= 15 is 0 Å². The highest BCUT2D eigenvalue weighted by molar-refractivity contribution is 5.86. The molecule has 0 rings (SSSR count). The van der Waals surface area contributed by atoms with Crippen LogP contribution in [0.1, 0.15) is 48.0 Å². The molecule has 18 heavy (non-hydrogen) atoms. The van der Waals surface area contributed by atoms with Gasteiger partial charge in [-0.25, -0.2) is 0 Å². The van der Waals surface area contributed by atoms with Crippen molar-refractivity contribution in [2.45, 2.75) is 59.0 Å². The van der Waals surface area contributed by atoms with Crippen LogP contribution in [0.15, 0.2) is 0 Å². The second-order valence-corrected chi connectivity index (χ2v) is 5.96. The van der Waals surface area contributed by atoms with Crippen LogP contribution in [0.25, 0.3) is 0 Å². The minimum absolute atomic E-state index is 0.0518. The summed E-state index contributed by atoms with van der Waals surface area (Å²) in [5.41, 5.74) is -0.834. The molecule has 0 spiro atoms. The number of carbonyl (C=O) groups is 2. The Kier molecular flexibility index (Phi) is 6.32. The molecule has 2 amide bonds. The van der Waals surface area contributed by atoms with E-state index in [0.29, 0.717) is 13.0 Å². The van der Waals surface area contributed by atoms with Gasteiger partial charge in [0.15, 0.2) is 0 Å². The van der Waals surface area contributed by atoms with Gasteiger partial charge in [0.25, 0.3) is 0 Å². The minimum atomic E-state index is -0.602. The third-order valence-corrected chi connectivity index (χ3v) is 2.34. The molecule has 0 aliphatic rings. The first kappa shape index (κ1) is 16.9. The zero-order valence-corrected chi connectivity index (χ0v) is 12.4. The van der Waals surface area contributed by atoms with Crippen molar-refractivity contribution in [2.24, 2.45) is 0 Å². The lowest BCUT2D eigenvalue weighted by molar-refractivity contribution is -0.126. The number of likely N-dealkylation sites (N-methyl/N-ethyl adjacent to an activating group) is 1. The summed E-state index contributed by atoms with van der Waals surface area (Å²) in [5.74, 6) is -0.142. The summed E-state index contributed by atoms with van der Waals surface area (Å²) in [6.07, 6.45) is 0.297. The van der Waals surface area contributed by atoms with Crippen molar-refractivity contribution in [3.8, 4) is 0 Å². The van der Waals surface area contributed by atoms with Gasteiger partial charge in [0.2, 0.25) is 11.8 Å². The van der Waals surface area contributed by atoms with Crippen LogP contribution in [0.2, 0.25) is 0 Å². The molecule has 5 nitrogen and oxygen atoms in total. The molecular weight excluding hydrogens is 230 g/mol. The number of carbonyl (C=O) groups excluding carboxylic acids is 2. The average Bonchev–Trinajstić information content (AvgIpc) is 2.14. The molecule has 0 aromatic rings. The van der Waals surface area contributed by atoms with Gasteiger partial charge in [-0.1, -0.05) is 6.92 Å². The number of nitrogens with one attached hydrogen (secondary N) is 3. The molecule has 0 fully saturated rings. The van der Waals surface area contributed by atoms with Crippen LogP contribution in [0.3, 0.4) is 0 Å². The molecule has 0 saturated heterocycles. The molecule has 5 heteroatoms. The average molecular weight is 257 g/mol. The van der Waals surface area contributed by atoms with E-state index in [1.54, 1.807) is 0 Å². The fourth-order valence-corrected chi connectivity index (χ4v) is 1.51. The van der Waals surface area contributed by atoms with Gasteiger partial charge in [-0.05, 0) is 41.2 Å². The van der Waals surface area contributed by atoms with Crippen LogP contribution < -0.4 is 16.0 Å². The van der Waals surface area contributed by atoms with E-state index in [9.17, 15) is 9.59 Å². The summed E-state index contributed by atoms with van der Waals surface area (Å²) in [7, 11) is 0. The van der Waals surface area contributed by atoms with Gasteiger partial charge in [0.05, 0.1) is 5.54 Å². The number of amides is 2. The summed E-state index contributed by atoms with van der Waals surface area (Å²) >= 11 is 0. The maximum atomic E-state index is 11.8. The van der Waals surface area contributed by atoms with Crippen molar-refractivity contribution in [1.29, 1.82) is 0 Å². The quantitative estimate of drug-likeness (QED) is 0.659. The Hall–Kier alpha value is -1.10. The second kappa shape index (κ2) is 6.73. The van der Waals surface area contributed by atoms with Crippen molar-refractivity contribution < 1.29 is 9.59 Å². The molecule has 0 saturated carbocycles. The highest BCUT2D eigenvalue weighted by atomic mass is 16.2. The number of hydrogen-bond acceptors (Lipinski definition) is 3. The Bertz CT molecular complexity index is 293. The molecule has 0 unspecified atom stereocenters. The molecule has 0 aliphatic carbocycles. The lowest BCUT2D eigenvalue weighted by Crippen LogP contribution is -2.53. The highest BCUT2D eigenvalue weighted by Gasteiger charge is 2.25. The van der Waals surface area contributed by atoms with Crippen LogP contribution in [-0.2, 0) is 9.59 Å². The lowest BCUT2D eigenvalue weighted by atomic mass is 10.0. The van der Waals surface area contributed by atoms with E-state index < -0.39 is 5.54 Å².